The first-order chi connectivity index (χ1) is 23.0. The molecule has 8 nitrogen and oxygen atoms in total. The molecule has 4 aromatic rings. The summed E-state index contributed by atoms with van der Waals surface area (Å²) >= 11 is 0. The third-order valence-electron chi connectivity index (χ3n) is 10.2. The quantitative estimate of drug-likeness (QED) is 0.215. The van der Waals surface area contributed by atoms with E-state index in [9.17, 15) is 19.8 Å². The van der Waals surface area contributed by atoms with Crippen molar-refractivity contribution in [3.63, 3.8) is 0 Å². The minimum Gasteiger partial charge on any atom is -0.677 e. The maximum atomic E-state index is 11.7. The first kappa shape index (κ1) is 35.8. The Bertz CT molecular complexity index is 2090. The number of carboxylic acids is 2. The first-order valence-corrected chi connectivity index (χ1v) is 16.8. The zero-order valence-corrected chi connectivity index (χ0v) is 30.0. The summed E-state index contributed by atoms with van der Waals surface area (Å²) in [4.78, 5) is 38.9. The Balaban J connectivity index is 0.00000468. The van der Waals surface area contributed by atoms with E-state index in [2.05, 4.69) is 52.0 Å². The van der Waals surface area contributed by atoms with Gasteiger partial charge in [-0.25, -0.2) is 0 Å². The van der Waals surface area contributed by atoms with E-state index in [1.165, 1.54) is 5.57 Å². The summed E-state index contributed by atoms with van der Waals surface area (Å²) in [6, 6.07) is 10.3. The molecule has 49 heavy (non-hydrogen) atoms. The maximum Gasteiger partial charge on any atom is 4.00 e. The van der Waals surface area contributed by atoms with Crippen LogP contribution in [0.15, 0.2) is 47.2 Å². The second-order valence-electron chi connectivity index (χ2n) is 12.9. The molecule has 2 aliphatic heterocycles. The van der Waals surface area contributed by atoms with Crippen LogP contribution in [0, 0.1) is 20.8 Å². The van der Waals surface area contributed by atoms with Crippen molar-refractivity contribution in [1.29, 1.82) is 0 Å². The van der Waals surface area contributed by atoms with Crippen LogP contribution >= 0.6 is 0 Å². The average molecular weight is 699 g/mol. The fourth-order valence-electron chi connectivity index (χ4n) is 7.51. The summed E-state index contributed by atoms with van der Waals surface area (Å²) in [7, 11) is 0. The molecule has 0 radical (unpaired) electrons. The third kappa shape index (κ3) is 6.74. The van der Waals surface area contributed by atoms with Crippen molar-refractivity contribution in [1.82, 2.24) is 15.0 Å². The minimum absolute atomic E-state index is 0. The van der Waals surface area contributed by atoms with Crippen molar-refractivity contribution in [3.05, 3.63) is 125 Å². The average Bonchev–Trinajstić information content (AvgIpc) is 3.72. The summed E-state index contributed by atoms with van der Waals surface area (Å²) in [6.07, 6.45) is 8.18. The predicted molar refractivity (Wildman–Crippen MR) is 188 cm³/mol. The molecule has 0 saturated heterocycles. The van der Waals surface area contributed by atoms with Crippen molar-refractivity contribution in [2.45, 2.75) is 92.0 Å². The number of aromatic nitrogens is 3. The second kappa shape index (κ2) is 14.6. The Morgan fingerprint density at radius 2 is 1.33 bits per heavy atom. The van der Waals surface area contributed by atoms with E-state index in [1.54, 1.807) is 0 Å². The van der Waals surface area contributed by atoms with E-state index in [-0.39, 0.29) is 41.9 Å². The van der Waals surface area contributed by atoms with Crippen LogP contribution in [0.25, 0.3) is 23.5 Å². The molecule has 3 aromatic heterocycles. The maximum absolute atomic E-state index is 11.7. The monoisotopic (exact) mass is 698 g/mol. The van der Waals surface area contributed by atoms with Gasteiger partial charge >= 0.3 is 29.0 Å². The van der Waals surface area contributed by atoms with Crippen molar-refractivity contribution in [2.75, 3.05) is 0 Å². The molecule has 5 heterocycles. The van der Waals surface area contributed by atoms with E-state index in [0.29, 0.717) is 23.9 Å². The molecule has 2 atom stereocenters. The van der Waals surface area contributed by atoms with Gasteiger partial charge in [-0.05, 0) is 64.9 Å². The van der Waals surface area contributed by atoms with Gasteiger partial charge in [0, 0.05) is 12.8 Å². The van der Waals surface area contributed by atoms with E-state index >= 15 is 0 Å². The zero-order valence-electron chi connectivity index (χ0n) is 28.9. The first-order valence-electron chi connectivity index (χ1n) is 16.8. The van der Waals surface area contributed by atoms with Crippen molar-refractivity contribution < 1.29 is 36.9 Å². The second-order valence-corrected chi connectivity index (χ2v) is 12.9. The standard InChI is InChI=1S/C40H42N4O4.Fe/c1-7-26-24(6)39-38(25-12-10-9-11-13-25)40-27(8-2)21(3)32(43-40)18-30-22(4)28(14-16-36(45)46)34(41-30)20-35-29(15-17-37(47)48)23(5)31(42-35)19-33(26)44-39;/h9-13,18-20,38,40H,7-8,14-17H2,1-6H3,(H,45,46)(H,47,48);/q-4;+4/b31-19-,32-18-,35-20-;/t38-,40?;/m0./s1. The summed E-state index contributed by atoms with van der Waals surface area (Å²) < 4.78 is 0. The van der Waals surface area contributed by atoms with Gasteiger partial charge in [-0.2, -0.15) is 0 Å². The third-order valence-corrected chi connectivity index (χ3v) is 10.2. The Kier molecular flexibility index (Phi) is 10.7. The number of fused-ring (bicyclic) bond motifs is 8. The van der Waals surface area contributed by atoms with Gasteiger partial charge in [-0.3, -0.25) is 9.59 Å². The summed E-state index contributed by atoms with van der Waals surface area (Å²) in [5.41, 5.74) is 13.6. The topological polar surface area (TPSA) is 131 Å². The van der Waals surface area contributed by atoms with Gasteiger partial charge in [0.15, 0.2) is 0 Å². The number of carboxylic acid groups (broad SMARTS) is 2. The van der Waals surface area contributed by atoms with E-state index in [4.69, 9.17) is 20.3 Å². The molecule has 0 fully saturated rings. The van der Waals surface area contributed by atoms with E-state index < -0.39 is 11.9 Å². The van der Waals surface area contributed by atoms with Crippen LogP contribution in [-0.2, 0) is 45.9 Å². The molecule has 6 rings (SSSR count). The van der Waals surface area contributed by atoms with Crippen molar-refractivity contribution in [2.24, 2.45) is 0 Å². The Morgan fingerprint density at radius 1 is 0.694 bits per heavy atom. The van der Waals surface area contributed by atoms with Crippen LogP contribution < -0.4 is 25.7 Å². The predicted octanol–water partition coefficient (Wildman–Crippen LogP) is 5.70. The van der Waals surface area contributed by atoms with E-state index in [1.807, 2.05) is 38.1 Å². The fraction of sp³-hybridized carbons (Fsp3) is 0.350. The molecule has 0 aliphatic carbocycles. The molecule has 1 unspecified atom stereocenters. The smallest absolute Gasteiger partial charge is 0.677 e. The van der Waals surface area contributed by atoms with Gasteiger partial charge < -0.3 is 30.5 Å². The summed E-state index contributed by atoms with van der Waals surface area (Å²) in [6.45, 7) is 12.6. The fourth-order valence-corrected chi connectivity index (χ4v) is 7.51. The minimum atomic E-state index is -0.879. The molecular weight excluding hydrogens is 656 g/mol. The molecule has 0 saturated carbocycles. The van der Waals surface area contributed by atoms with Gasteiger partial charge in [0.1, 0.15) is 0 Å². The van der Waals surface area contributed by atoms with Crippen molar-refractivity contribution >= 4 is 30.2 Å². The Hall–Kier alpha value is -4.46. The molecule has 8 bridgehead atoms. The van der Waals surface area contributed by atoms with Crippen LogP contribution in [-0.4, -0.2) is 28.2 Å². The number of carbonyl (C=O) groups is 2. The van der Waals surface area contributed by atoms with Gasteiger partial charge in [0.25, 0.3) is 0 Å². The normalized spacial score (nSPS) is 19.2. The van der Waals surface area contributed by atoms with E-state index in [0.717, 1.165) is 85.5 Å². The molecule has 254 valence electrons. The van der Waals surface area contributed by atoms with Crippen molar-refractivity contribution in [3.8, 4) is 0 Å². The molecular formula is C40H42FeN4O4. The summed E-state index contributed by atoms with van der Waals surface area (Å²) in [5, 5.41) is 26.0. The summed E-state index contributed by atoms with van der Waals surface area (Å²) in [5.74, 6) is -1.87. The van der Waals surface area contributed by atoms with Crippen LogP contribution in [0.5, 0.6) is 0 Å². The van der Waals surface area contributed by atoms with Crippen LogP contribution in [0.2, 0.25) is 0 Å². The van der Waals surface area contributed by atoms with Gasteiger partial charge in [0.05, 0.1) is 0 Å². The number of nitrogens with zero attached hydrogens (tertiary/aromatic N) is 4. The molecule has 9 heteroatoms. The number of hydrogen-bond donors (Lipinski definition) is 2. The molecule has 0 amide bonds. The van der Waals surface area contributed by atoms with Crippen LogP contribution in [0.1, 0.15) is 108 Å². The van der Waals surface area contributed by atoms with Gasteiger partial charge in [-0.1, -0.05) is 113 Å². The molecule has 0 spiro atoms. The van der Waals surface area contributed by atoms with Crippen LogP contribution in [0.3, 0.4) is 0 Å². The Morgan fingerprint density at radius 3 is 1.96 bits per heavy atom. The number of allylic oxidation sites excluding steroid dienone is 1. The van der Waals surface area contributed by atoms with Gasteiger partial charge in [0.2, 0.25) is 0 Å². The molecule has 2 N–H and O–H groups in total. The Labute approximate surface area is 298 Å². The van der Waals surface area contributed by atoms with Crippen LogP contribution in [0.4, 0.5) is 0 Å². The number of hydrogen-bond acceptors (Lipinski definition) is 2. The zero-order chi connectivity index (χ0) is 34.3. The number of rotatable bonds is 9. The SMILES string of the molecule is CCC1=C(C)/C2=C/c3[n-]c(c(CCC(=O)O)c3C)/C=c3\[n-]/c(c(C)c3CCC(=O)O)=C\c3[n-]c(c(C)c3CC)[C@H](c3ccccc3)C1[N-]2.[Fe+4]. The van der Waals surface area contributed by atoms with Gasteiger partial charge in [-0.15, -0.1) is 39.2 Å². The molecule has 1 aromatic carbocycles. The largest absolute Gasteiger partial charge is 4.00 e. The number of benzene rings is 1. The number of aliphatic carboxylic acids is 2. The molecule has 2 aliphatic rings.